The molecule has 0 saturated heterocycles. The number of hydrogen-bond acceptors (Lipinski definition) is 4. The molecule has 0 aliphatic carbocycles. The number of anilines is 1. The van der Waals surface area contributed by atoms with E-state index in [0.29, 0.717) is 6.54 Å². The minimum atomic E-state index is -0.794. The van der Waals surface area contributed by atoms with E-state index in [2.05, 4.69) is 17.2 Å². The summed E-state index contributed by atoms with van der Waals surface area (Å²) in [6.45, 7) is 4.51. The summed E-state index contributed by atoms with van der Waals surface area (Å²) in [5, 5.41) is 12.7. The van der Waals surface area contributed by atoms with Crippen LogP contribution in [-0.4, -0.2) is 22.6 Å². The monoisotopic (exact) mass is 276 g/mol. The van der Waals surface area contributed by atoms with Crippen molar-refractivity contribution in [3.05, 3.63) is 34.2 Å². The fourth-order valence-corrected chi connectivity index (χ4v) is 2.70. The molecule has 0 spiro atoms. The predicted octanol–water partition coefficient (Wildman–Crippen LogP) is 3.31. The molecule has 0 bridgehead atoms. The molecule has 1 aromatic carbocycles. The van der Waals surface area contributed by atoms with Crippen molar-refractivity contribution in [1.29, 1.82) is 0 Å². The van der Waals surface area contributed by atoms with Crippen molar-refractivity contribution < 1.29 is 9.90 Å². The van der Waals surface area contributed by atoms with E-state index in [1.807, 2.05) is 31.2 Å². The number of benzene rings is 1. The molecule has 0 saturated carbocycles. The van der Waals surface area contributed by atoms with Gasteiger partial charge >= 0.3 is 5.97 Å². The second-order valence-electron chi connectivity index (χ2n) is 4.29. The van der Waals surface area contributed by atoms with Crippen molar-refractivity contribution in [2.45, 2.75) is 20.3 Å². The maximum Gasteiger partial charge on any atom is 0.305 e. The summed E-state index contributed by atoms with van der Waals surface area (Å²) in [5.41, 5.74) is 3.04. The summed E-state index contributed by atoms with van der Waals surface area (Å²) in [6.07, 6.45) is 0.117. The van der Waals surface area contributed by atoms with Crippen molar-refractivity contribution in [3.8, 4) is 11.3 Å². The lowest BCUT2D eigenvalue weighted by molar-refractivity contribution is -0.136. The molecule has 0 atom stereocenters. The lowest BCUT2D eigenvalue weighted by Gasteiger charge is -2.05. The second kappa shape index (κ2) is 5.84. The van der Waals surface area contributed by atoms with Gasteiger partial charge in [-0.25, -0.2) is 4.98 Å². The summed E-state index contributed by atoms with van der Waals surface area (Å²) >= 11 is 1.69. The van der Waals surface area contributed by atoms with E-state index in [1.54, 1.807) is 11.3 Å². The lowest BCUT2D eigenvalue weighted by Crippen LogP contribution is -2.07. The van der Waals surface area contributed by atoms with Crippen LogP contribution in [0.25, 0.3) is 11.3 Å². The van der Waals surface area contributed by atoms with Crippen LogP contribution in [-0.2, 0) is 4.79 Å². The van der Waals surface area contributed by atoms with Gasteiger partial charge in [0.2, 0.25) is 0 Å². The maximum absolute atomic E-state index is 10.4. The van der Waals surface area contributed by atoms with Crippen molar-refractivity contribution in [2.24, 2.45) is 0 Å². The third-order valence-electron chi connectivity index (χ3n) is 2.73. The Bertz CT molecular complexity index is 576. The van der Waals surface area contributed by atoms with Gasteiger partial charge in [-0.05, 0) is 26.0 Å². The first-order valence-electron chi connectivity index (χ1n) is 6.06. The van der Waals surface area contributed by atoms with Gasteiger partial charge in [0.05, 0.1) is 17.1 Å². The number of nitrogens with one attached hydrogen (secondary N) is 1. The lowest BCUT2D eigenvalue weighted by atomic mass is 10.1. The fourth-order valence-electron chi connectivity index (χ4n) is 1.86. The normalized spacial score (nSPS) is 10.4. The Morgan fingerprint density at radius 1 is 1.32 bits per heavy atom. The van der Waals surface area contributed by atoms with Gasteiger partial charge in [-0.2, -0.15) is 0 Å². The molecule has 0 radical (unpaired) electrons. The third kappa shape index (κ3) is 3.54. The van der Waals surface area contributed by atoms with Crippen LogP contribution in [0.15, 0.2) is 24.3 Å². The largest absolute Gasteiger partial charge is 0.481 e. The number of carbonyl (C=O) groups is 1. The van der Waals surface area contributed by atoms with Gasteiger partial charge in [-0.3, -0.25) is 4.79 Å². The minimum Gasteiger partial charge on any atom is -0.481 e. The van der Waals surface area contributed by atoms with Crippen LogP contribution in [0.3, 0.4) is 0 Å². The summed E-state index contributed by atoms with van der Waals surface area (Å²) < 4.78 is 0. The molecular weight excluding hydrogens is 260 g/mol. The smallest absolute Gasteiger partial charge is 0.305 e. The number of aryl methyl sites for hydroxylation is 2. The molecule has 5 heteroatoms. The van der Waals surface area contributed by atoms with Gasteiger partial charge in [0.25, 0.3) is 0 Å². The zero-order valence-electron chi connectivity index (χ0n) is 10.9. The quantitative estimate of drug-likeness (QED) is 0.879. The highest BCUT2D eigenvalue weighted by atomic mass is 32.1. The molecule has 0 amide bonds. The Morgan fingerprint density at radius 3 is 2.53 bits per heavy atom. The summed E-state index contributed by atoms with van der Waals surface area (Å²) in [7, 11) is 0. The summed E-state index contributed by atoms with van der Waals surface area (Å²) in [4.78, 5) is 16.1. The van der Waals surface area contributed by atoms with E-state index < -0.39 is 5.97 Å². The molecule has 100 valence electrons. The van der Waals surface area contributed by atoms with Gasteiger partial charge in [0.15, 0.2) is 0 Å². The number of nitrogens with zero attached hydrogens (tertiary/aromatic N) is 1. The Kier molecular flexibility index (Phi) is 4.16. The number of hydrogen-bond donors (Lipinski definition) is 2. The number of carboxylic acids is 1. The van der Waals surface area contributed by atoms with Gasteiger partial charge in [-0.15, -0.1) is 11.3 Å². The molecule has 0 aliphatic rings. The van der Waals surface area contributed by atoms with Gasteiger partial charge in [0, 0.05) is 22.7 Å². The first kappa shape index (κ1) is 13.5. The molecule has 19 heavy (non-hydrogen) atoms. The topological polar surface area (TPSA) is 62.2 Å². The van der Waals surface area contributed by atoms with E-state index in [9.17, 15) is 4.79 Å². The van der Waals surface area contributed by atoms with Gasteiger partial charge < -0.3 is 10.4 Å². The number of carboxylic acid groups (broad SMARTS) is 1. The highest BCUT2D eigenvalue weighted by Crippen LogP contribution is 2.27. The summed E-state index contributed by atoms with van der Waals surface area (Å²) in [5.74, 6) is -0.794. The molecule has 2 N–H and O–H groups in total. The Morgan fingerprint density at radius 2 is 2.00 bits per heavy atom. The van der Waals surface area contributed by atoms with Crippen molar-refractivity contribution in [2.75, 3.05) is 11.9 Å². The van der Waals surface area contributed by atoms with Gasteiger partial charge in [0.1, 0.15) is 0 Å². The Balaban J connectivity index is 2.06. The number of aromatic nitrogens is 1. The number of aliphatic carboxylic acids is 1. The van der Waals surface area contributed by atoms with Crippen LogP contribution in [0.4, 0.5) is 5.69 Å². The van der Waals surface area contributed by atoms with Crippen molar-refractivity contribution in [1.82, 2.24) is 4.98 Å². The zero-order chi connectivity index (χ0) is 13.8. The first-order chi connectivity index (χ1) is 9.06. The number of rotatable bonds is 5. The molecular formula is C14H16N2O2S. The Labute approximate surface area is 116 Å². The van der Waals surface area contributed by atoms with Crippen LogP contribution < -0.4 is 5.32 Å². The standard InChI is InChI=1S/C14H16N2O2S/c1-9-14(16-10(2)19-9)11-3-5-12(6-4-11)15-8-7-13(17)18/h3-6,15H,7-8H2,1-2H3,(H,17,18). The van der Waals surface area contributed by atoms with Crippen LogP contribution in [0.5, 0.6) is 0 Å². The Hall–Kier alpha value is -1.88. The molecule has 2 rings (SSSR count). The van der Waals surface area contributed by atoms with Crippen molar-refractivity contribution in [3.63, 3.8) is 0 Å². The van der Waals surface area contributed by atoms with Crippen molar-refractivity contribution >= 4 is 23.0 Å². The number of thiazole rings is 1. The minimum absolute atomic E-state index is 0.117. The van der Waals surface area contributed by atoms with Crippen LogP contribution in [0.1, 0.15) is 16.3 Å². The molecule has 2 aromatic rings. The zero-order valence-corrected chi connectivity index (χ0v) is 11.8. The van der Waals surface area contributed by atoms with E-state index in [-0.39, 0.29) is 6.42 Å². The SMILES string of the molecule is Cc1nc(-c2ccc(NCCC(=O)O)cc2)c(C)s1. The molecule has 1 aromatic heterocycles. The molecule has 0 fully saturated rings. The second-order valence-corrected chi connectivity index (χ2v) is 5.69. The maximum atomic E-state index is 10.4. The average Bonchev–Trinajstić information content (AvgIpc) is 2.69. The van der Waals surface area contributed by atoms with Crippen LogP contribution in [0, 0.1) is 13.8 Å². The van der Waals surface area contributed by atoms with E-state index in [4.69, 9.17) is 5.11 Å². The molecule has 4 nitrogen and oxygen atoms in total. The van der Waals surface area contributed by atoms with E-state index >= 15 is 0 Å². The third-order valence-corrected chi connectivity index (χ3v) is 3.62. The van der Waals surface area contributed by atoms with Crippen LogP contribution in [0.2, 0.25) is 0 Å². The average molecular weight is 276 g/mol. The highest BCUT2D eigenvalue weighted by molar-refractivity contribution is 7.11. The van der Waals surface area contributed by atoms with Gasteiger partial charge in [-0.1, -0.05) is 12.1 Å². The molecule has 0 aliphatic heterocycles. The van der Waals surface area contributed by atoms with E-state index in [0.717, 1.165) is 22.0 Å². The molecule has 0 unspecified atom stereocenters. The predicted molar refractivity (Wildman–Crippen MR) is 77.8 cm³/mol. The summed E-state index contributed by atoms with van der Waals surface area (Å²) in [6, 6.07) is 7.91. The van der Waals surface area contributed by atoms with Crippen LogP contribution >= 0.6 is 11.3 Å². The molecule has 1 heterocycles. The van der Waals surface area contributed by atoms with E-state index in [1.165, 1.54) is 4.88 Å². The first-order valence-corrected chi connectivity index (χ1v) is 6.88. The fraction of sp³-hybridized carbons (Fsp3) is 0.286. The highest BCUT2D eigenvalue weighted by Gasteiger charge is 2.07.